The lowest BCUT2D eigenvalue weighted by Crippen LogP contribution is -1.85. The summed E-state index contributed by atoms with van der Waals surface area (Å²) in [6.45, 7) is 0. The number of allylic oxidation sites excluding steroid dienone is 2. The van der Waals surface area contributed by atoms with Gasteiger partial charge in [0.2, 0.25) is 0 Å². The van der Waals surface area contributed by atoms with Crippen molar-refractivity contribution in [1.29, 1.82) is 0 Å². The lowest BCUT2D eigenvalue weighted by atomic mass is 10.1. The molecule has 11 heavy (non-hydrogen) atoms. The predicted octanol–water partition coefficient (Wildman–Crippen LogP) is 3.53. The molecule has 0 aromatic carbocycles. The first-order valence-corrected chi connectivity index (χ1v) is 5.12. The highest BCUT2D eigenvalue weighted by Gasteiger charge is 2.34. The van der Waals surface area contributed by atoms with E-state index in [1.165, 1.54) is 44.9 Å². The predicted molar refractivity (Wildman–Crippen MR) is 48.4 cm³/mol. The molecule has 2 aliphatic carbocycles. The third-order valence-corrected chi connectivity index (χ3v) is 3.12. The monoisotopic (exact) mass is 150 g/mol. The third kappa shape index (κ3) is 2.08. The van der Waals surface area contributed by atoms with Crippen LogP contribution in [0, 0.1) is 11.8 Å². The van der Waals surface area contributed by atoms with Crippen molar-refractivity contribution in [2.24, 2.45) is 11.8 Å². The molecule has 2 rings (SSSR count). The summed E-state index contributed by atoms with van der Waals surface area (Å²) in [5.74, 6) is 2.21. The van der Waals surface area contributed by atoms with Crippen LogP contribution in [0.15, 0.2) is 12.2 Å². The second-order valence-electron chi connectivity index (χ2n) is 4.10. The van der Waals surface area contributed by atoms with E-state index in [0.29, 0.717) is 0 Å². The Bertz CT molecular complexity index is 146. The SMILES string of the molecule is C1=C/CC2CC2CCCCC/1. The Balaban J connectivity index is 1.82. The molecule has 1 saturated carbocycles. The Kier molecular flexibility index (Phi) is 2.30. The average Bonchev–Trinajstić information content (AvgIpc) is 2.76. The van der Waals surface area contributed by atoms with Crippen LogP contribution >= 0.6 is 0 Å². The molecule has 0 aromatic heterocycles. The Hall–Kier alpha value is -0.260. The summed E-state index contributed by atoms with van der Waals surface area (Å²) in [4.78, 5) is 0. The van der Waals surface area contributed by atoms with Crippen LogP contribution in [-0.2, 0) is 0 Å². The summed E-state index contributed by atoms with van der Waals surface area (Å²) in [6, 6.07) is 0. The van der Waals surface area contributed by atoms with Gasteiger partial charge in [0.05, 0.1) is 0 Å². The first-order chi connectivity index (χ1) is 5.47. The van der Waals surface area contributed by atoms with Crippen molar-refractivity contribution in [1.82, 2.24) is 0 Å². The zero-order valence-corrected chi connectivity index (χ0v) is 7.26. The van der Waals surface area contributed by atoms with Crippen molar-refractivity contribution >= 4 is 0 Å². The van der Waals surface area contributed by atoms with Gasteiger partial charge in [0.1, 0.15) is 0 Å². The van der Waals surface area contributed by atoms with Gasteiger partial charge < -0.3 is 0 Å². The van der Waals surface area contributed by atoms with E-state index >= 15 is 0 Å². The number of rotatable bonds is 0. The fourth-order valence-corrected chi connectivity index (χ4v) is 2.19. The van der Waals surface area contributed by atoms with Crippen molar-refractivity contribution < 1.29 is 0 Å². The maximum atomic E-state index is 2.41. The molecule has 0 saturated heterocycles. The van der Waals surface area contributed by atoms with E-state index in [4.69, 9.17) is 0 Å². The van der Waals surface area contributed by atoms with Crippen molar-refractivity contribution in [3.63, 3.8) is 0 Å². The second-order valence-corrected chi connectivity index (χ2v) is 4.10. The minimum atomic E-state index is 1.09. The van der Waals surface area contributed by atoms with Crippen molar-refractivity contribution in [3.8, 4) is 0 Å². The highest BCUT2D eigenvalue weighted by Crippen LogP contribution is 2.45. The topological polar surface area (TPSA) is 0 Å². The van der Waals surface area contributed by atoms with Crippen LogP contribution in [0.5, 0.6) is 0 Å². The summed E-state index contributed by atoms with van der Waals surface area (Å²) in [5.41, 5.74) is 0. The van der Waals surface area contributed by atoms with Crippen LogP contribution in [0.25, 0.3) is 0 Å². The summed E-state index contributed by atoms with van der Waals surface area (Å²) in [5, 5.41) is 0. The minimum Gasteiger partial charge on any atom is -0.0885 e. The van der Waals surface area contributed by atoms with E-state index in [2.05, 4.69) is 12.2 Å². The molecule has 0 aromatic rings. The van der Waals surface area contributed by atoms with Crippen molar-refractivity contribution in [2.45, 2.75) is 44.9 Å². The Morgan fingerprint density at radius 1 is 0.909 bits per heavy atom. The summed E-state index contributed by atoms with van der Waals surface area (Å²) in [6.07, 6.45) is 15.0. The summed E-state index contributed by atoms with van der Waals surface area (Å²) >= 11 is 0. The van der Waals surface area contributed by atoms with Crippen LogP contribution in [0.4, 0.5) is 0 Å². The first-order valence-electron chi connectivity index (χ1n) is 5.12. The van der Waals surface area contributed by atoms with Gasteiger partial charge in [0.15, 0.2) is 0 Å². The molecule has 0 heteroatoms. The maximum Gasteiger partial charge on any atom is -0.0319 e. The van der Waals surface area contributed by atoms with Gasteiger partial charge >= 0.3 is 0 Å². The number of hydrogen-bond acceptors (Lipinski definition) is 0. The fourth-order valence-electron chi connectivity index (χ4n) is 2.19. The number of hydrogen-bond donors (Lipinski definition) is 0. The average molecular weight is 150 g/mol. The zero-order chi connectivity index (χ0) is 7.52. The van der Waals surface area contributed by atoms with Gasteiger partial charge in [-0.15, -0.1) is 0 Å². The van der Waals surface area contributed by atoms with E-state index in [1.54, 1.807) is 0 Å². The molecule has 0 amide bonds. The molecule has 1 fully saturated rings. The highest BCUT2D eigenvalue weighted by atomic mass is 14.4. The van der Waals surface area contributed by atoms with Crippen LogP contribution in [0.3, 0.4) is 0 Å². The molecule has 0 bridgehead atoms. The number of fused-ring (bicyclic) bond motifs is 1. The van der Waals surface area contributed by atoms with E-state index in [1.807, 2.05) is 0 Å². The molecule has 0 nitrogen and oxygen atoms in total. The molecule has 0 heterocycles. The minimum absolute atomic E-state index is 1.09. The lowest BCUT2D eigenvalue weighted by Gasteiger charge is -2.01. The summed E-state index contributed by atoms with van der Waals surface area (Å²) < 4.78 is 0. The molecule has 2 atom stereocenters. The van der Waals surface area contributed by atoms with E-state index < -0.39 is 0 Å². The van der Waals surface area contributed by atoms with Crippen LogP contribution in [0.2, 0.25) is 0 Å². The Morgan fingerprint density at radius 2 is 1.91 bits per heavy atom. The maximum absolute atomic E-state index is 2.41. The molecular formula is C11H18. The second kappa shape index (κ2) is 3.42. The van der Waals surface area contributed by atoms with Gasteiger partial charge in [-0.05, 0) is 37.5 Å². The summed E-state index contributed by atoms with van der Waals surface area (Å²) in [7, 11) is 0. The smallest absolute Gasteiger partial charge is 0.0319 e. The largest absolute Gasteiger partial charge is 0.0885 e. The van der Waals surface area contributed by atoms with Gasteiger partial charge in [-0.2, -0.15) is 0 Å². The van der Waals surface area contributed by atoms with Gasteiger partial charge in [-0.25, -0.2) is 0 Å². The lowest BCUT2D eigenvalue weighted by molar-refractivity contribution is 0.568. The fraction of sp³-hybridized carbons (Fsp3) is 0.818. The highest BCUT2D eigenvalue weighted by molar-refractivity contribution is 4.94. The molecule has 0 N–H and O–H groups in total. The zero-order valence-electron chi connectivity index (χ0n) is 7.26. The first kappa shape index (κ1) is 7.39. The standard InChI is InChI=1S/C11H18/c1-2-4-6-8-11-9-10(11)7-5-3-1/h3,5,10-11H,1-2,4,6-9H2/b5-3+. The molecule has 0 aliphatic heterocycles. The van der Waals surface area contributed by atoms with Gasteiger partial charge in [-0.1, -0.05) is 31.4 Å². The van der Waals surface area contributed by atoms with Crippen LogP contribution in [-0.4, -0.2) is 0 Å². The normalized spacial score (nSPS) is 40.7. The van der Waals surface area contributed by atoms with E-state index in [-0.39, 0.29) is 0 Å². The third-order valence-electron chi connectivity index (χ3n) is 3.12. The molecule has 2 unspecified atom stereocenters. The van der Waals surface area contributed by atoms with Crippen molar-refractivity contribution in [3.05, 3.63) is 12.2 Å². The van der Waals surface area contributed by atoms with Gasteiger partial charge in [0.25, 0.3) is 0 Å². The molecule has 0 spiro atoms. The molecule has 62 valence electrons. The van der Waals surface area contributed by atoms with Crippen molar-refractivity contribution in [2.75, 3.05) is 0 Å². The Morgan fingerprint density at radius 3 is 2.91 bits per heavy atom. The molecular weight excluding hydrogens is 132 g/mol. The van der Waals surface area contributed by atoms with Gasteiger partial charge in [-0.3, -0.25) is 0 Å². The van der Waals surface area contributed by atoms with Gasteiger partial charge in [0, 0.05) is 0 Å². The molecule has 2 aliphatic rings. The van der Waals surface area contributed by atoms with Crippen LogP contribution < -0.4 is 0 Å². The quantitative estimate of drug-likeness (QED) is 0.463. The Labute approximate surface area is 69.7 Å². The molecule has 0 radical (unpaired) electrons. The van der Waals surface area contributed by atoms with Crippen LogP contribution in [0.1, 0.15) is 44.9 Å². The van der Waals surface area contributed by atoms with E-state index in [9.17, 15) is 0 Å². The van der Waals surface area contributed by atoms with E-state index in [0.717, 1.165) is 11.8 Å².